The third-order valence-corrected chi connectivity index (χ3v) is 2.44. The van der Waals surface area contributed by atoms with Gasteiger partial charge in [-0.25, -0.2) is 0 Å². The maximum atomic E-state index is 11.3. The number of nitrogens with zero attached hydrogens (tertiary/aromatic N) is 1. The lowest BCUT2D eigenvalue weighted by atomic mass is 10.1. The topological polar surface area (TPSA) is 44.4 Å². The van der Waals surface area contributed by atoms with Crippen LogP contribution in [0.25, 0.3) is 0 Å². The van der Waals surface area contributed by atoms with Crippen LogP contribution in [-0.2, 0) is 4.79 Å². The zero-order chi connectivity index (χ0) is 10.4. The van der Waals surface area contributed by atoms with Crippen molar-refractivity contribution in [2.75, 3.05) is 33.7 Å². The smallest absolute Gasteiger partial charge is 0.234 e. The molecule has 82 valence electrons. The van der Waals surface area contributed by atoms with Crippen molar-refractivity contribution >= 4 is 5.91 Å². The van der Waals surface area contributed by atoms with Crippen LogP contribution in [0.2, 0.25) is 0 Å². The van der Waals surface area contributed by atoms with Crippen molar-refractivity contribution in [1.82, 2.24) is 15.5 Å². The average molecular weight is 199 g/mol. The van der Waals surface area contributed by atoms with Gasteiger partial charge >= 0.3 is 0 Å². The summed E-state index contributed by atoms with van der Waals surface area (Å²) in [4.78, 5) is 13.1. The van der Waals surface area contributed by atoms with Gasteiger partial charge in [-0.05, 0) is 39.9 Å². The van der Waals surface area contributed by atoms with E-state index < -0.39 is 0 Å². The number of rotatable bonds is 5. The van der Waals surface area contributed by atoms with Gasteiger partial charge in [0.1, 0.15) is 0 Å². The van der Waals surface area contributed by atoms with E-state index in [-0.39, 0.29) is 5.91 Å². The molecule has 0 saturated carbocycles. The summed E-state index contributed by atoms with van der Waals surface area (Å²) < 4.78 is 0. The fourth-order valence-corrected chi connectivity index (χ4v) is 1.73. The highest BCUT2D eigenvalue weighted by atomic mass is 16.1. The third-order valence-electron chi connectivity index (χ3n) is 2.44. The lowest BCUT2D eigenvalue weighted by molar-refractivity contribution is -0.121. The van der Waals surface area contributed by atoms with Crippen LogP contribution in [0.15, 0.2) is 0 Å². The molecule has 1 aliphatic rings. The number of amides is 1. The molecule has 0 bridgehead atoms. The molecule has 4 nitrogen and oxygen atoms in total. The van der Waals surface area contributed by atoms with Crippen molar-refractivity contribution in [3.63, 3.8) is 0 Å². The van der Waals surface area contributed by atoms with Crippen LogP contribution in [0, 0.1) is 0 Å². The van der Waals surface area contributed by atoms with E-state index in [2.05, 4.69) is 10.6 Å². The Morgan fingerprint density at radius 2 is 2.36 bits per heavy atom. The van der Waals surface area contributed by atoms with Gasteiger partial charge in [0.25, 0.3) is 0 Å². The first kappa shape index (κ1) is 11.5. The molecular formula is C10H21N3O. The molecule has 14 heavy (non-hydrogen) atoms. The fourth-order valence-electron chi connectivity index (χ4n) is 1.73. The lowest BCUT2D eigenvalue weighted by Crippen LogP contribution is -2.36. The Morgan fingerprint density at radius 1 is 1.57 bits per heavy atom. The summed E-state index contributed by atoms with van der Waals surface area (Å²) in [6.45, 7) is 2.42. The van der Waals surface area contributed by atoms with Crippen molar-refractivity contribution in [3.05, 3.63) is 0 Å². The molecule has 1 aliphatic heterocycles. The molecule has 2 N–H and O–H groups in total. The molecule has 0 aromatic rings. The second kappa shape index (κ2) is 5.98. The molecule has 1 unspecified atom stereocenters. The average Bonchev–Trinajstić information content (AvgIpc) is 2.55. The second-order valence-electron chi connectivity index (χ2n) is 4.17. The summed E-state index contributed by atoms with van der Waals surface area (Å²) in [5.74, 6) is 0.119. The molecule has 0 radical (unpaired) electrons. The van der Waals surface area contributed by atoms with E-state index in [0.717, 1.165) is 19.5 Å². The van der Waals surface area contributed by atoms with Gasteiger partial charge < -0.3 is 15.5 Å². The Kier molecular flexibility index (Phi) is 4.90. The van der Waals surface area contributed by atoms with Gasteiger partial charge in [-0.3, -0.25) is 4.79 Å². The van der Waals surface area contributed by atoms with Crippen LogP contribution in [0.4, 0.5) is 0 Å². The molecule has 4 heteroatoms. The Hall–Kier alpha value is -0.610. The predicted octanol–water partition coefficient (Wildman–Crippen LogP) is -0.194. The summed E-state index contributed by atoms with van der Waals surface area (Å²) in [6.07, 6.45) is 3.58. The number of likely N-dealkylation sites (N-methyl/N-ethyl adjacent to an activating group) is 1. The van der Waals surface area contributed by atoms with Crippen LogP contribution in [-0.4, -0.2) is 50.6 Å². The van der Waals surface area contributed by atoms with Crippen molar-refractivity contribution in [1.29, 1.82) is 0 Å². The second-order valence-corrected chi connectivity index (χ2v) is 4.17. The van der Waals surface area contributed by atoms with Gasteiger partial charge in [-0.2, -0.15) is 0 Å². The third kappa shape index (κ3) is 4.58. The first-order valence-electron chi connectivity index (χ1n) is 5.33. The number of carbonyl (C=O) groups excluding carboxylic acids is 1. The molecule has 1 fully saturated rings. The van der Waals surface area contributed by atoms with E-state index in [1.165, 1.54) is 12.8 Å². The Bertz CT molecular complexity index is 176. The highest BCUT2D eigenvalue weighted by Crippen LogP contribution is 2.07. The van der Waals surface area contributed by atoms with Crippen molar-refractivity contribution < 1.29 is 4.79 Å². The van der Waals surface area contributed by atoms with Crippen LogP contribution < -0.4 is 10.6 Å². The SMILES string of the molecule is CN(C)CC(=O)NCCC1CCCN1. The van der Waals surface area contributed by atoms with E-state index in [4.69, 9.17) is 0 Å². The fraction of sp³-hybridized carbons (Fsp3) is 0.900. The maximum Gasteiger partial charge on any atom is 0.234 e. The quantitative estimate of drug-likeness (QED) is 0.645. The zero-order valence-corrected chi connectivity index (χ0v) is 9.18. The Morgan fingerprint density at radius 3 is 2.93 bits per heavy atom. The molecule has 1 rings (SSSR count). The van der Waals surface area contributed by atoms with Crippen LogP contribution in [0.5, 0.6) is 0 Å². The number of hydrogen-bond donors (Lipinski definition) is 2. The minimum atomic E-state index is 0.119. The standard InChI is InChI=1S/C10H21N3O/c1-13(2)8-10(14)12-7-5-9-4-3-6-11-9/h9,11H,3-8H2,1-2H3,(H,12,14). The van der Waals surface area contributed by atoms with Gasteiger partial charge in [0.05, 0.1) is 6.54 Å². The first-order valence-corrected chi connectivity index (χ1v) is 5.33. The normalized spacial score (nSPS) is 21.5. The number of hydrogen-bond acceptors (Lipinski definition) is 3. The first-order chi connectivity index (χ1) is 6.68. The van der Waals surface area contributed by atoms with Crippen molar-refractivity contribution in [2.45, 2.75) is 25.3 Å². The predicted molar refractivity (Wildman–Crippen MR) is 57.2 cm³/mol. The summed E-state index contributed by atoms with van der Waals surface area (Å²) in [6, 6.07) is 0.620. The molecule has 0 spiro atoms. The zero-order valence-electron chi connectivity index (χ0n) is 9.18. The van der Waals surface area contributed by atoms with Crippen molar-refractivity contribution in [2.24, 2.45) is 0 Å². The van der Waals surface area contributed by atoms with Gasteiger partial charge in [-0.1, -0.05) is 0 Å². The van der Waals surface area contributed by atoms with Gasteiger partial charge in [0, 0.05) is 12.6 Å². The monoisotopic (exact) mass is 199 g/mol. The number of nitrogens with one attached hydrogen (secondary N) is 2. The summed E-state index contributed by atoms with van der Waals surface area (Å²) in [5.41, 5.74) is 0. The molecule has 1 heterocycles. The lowest BCUT2D eigenvalue weighted by Gasteiger charge is -2.12. The molecule has 1 saturated heterocycles. The summed E-state index contributed by atoms with van der Waals surface area (Å²) in [7, 11) is 3.80. The highest BCUT2D eigenvalue weighted by molar-refractivity contribution is 5.77. The molecule has 0 aromatic carbocycles. The van der Waals surface area contributed by atoms with E-state index >= 15 is 0 Å². The minimum absolute atomic E-state index is 0.119. The summed E-state index contributed by atoms with van der Waals surface area (Å²) in [5, 5.41) is 6.33. The van der Waals surface area contributed by atoms with Crippen molar-refractivity contribution in [3.8, 4) is 0 Å². The molecule has 0 aliphatic carbocycles. The molecule has 0 aromatic heterocycles. The van der Waals surface area contributed by atoms with Gasteiger partial charge in [-0.15, -0.1) is 0 Å². The minimum Gasteiger partial charge on any atom is -0.355 e. The van der Waals surface area contributed by atoms with E-state index in [1.54, 1.807) is 0 Å². The Labute approximate surface area is 86.0 Å². The van der Waals surface area contributed by atoms with Gasteiger partial charge in [0.15, 0.2) is 0 Å². The van der Waals surface area contributed by atoms with Crippen LogP contribution in [0.3, 0.4) is 0 Å². The Balaban J connectivity index is 1.99. The largest absolute Gasteiger partial charge is 0.355 e. The van der Waals surface area contributed by atoms with Crippen LogP contribution >= 0.6 is 0 Å². The van der Waals surface area contributed by atoms with E-state index in [9.17, 15) is 4.79 Å². The van der Waals surface area contributed by atoms with Crippen LogP contribution in [0.1, 0.15) is 19.3 Å². The van der Waals surface area contributed by atoms with E-state index in [0.29, 0.717) is 12.6 Å². The van der Waals surface area contributed by atoms with Gasteiger partial charge in [0.2, 0.25) is 5.91 Å². The highest BCUT2D eigenvalue weighted by Gasteiger charge is 2.13. The molecule has 1 amide bonds. The number of carbonyl (C=O) groups is 1. The van der Waals surface area contributed by atoms with E-state index in [1.807, 2.05) is 19.0 Å². The summed E-state index contributed by atoms with van der Waals surface area (Å²) >= 11 is 0. The molecule has 1 atom stereocenters. The molecular weight excluding hydrogens is 178 g/mol. The maximum absolute atomic E-state index is 11.3.